The molecule has 8 heteroatoms. The normalized spacial score (nSPS) is 19.6. The molecule has 4 rings (SSSR count). The van der Waals surface area contributed by atoms with Gasteiger partial charge >= 0.3 is 0 Å². The largest absolute Gasteiger partial charge is 0.291 e. The van der Waals surface area contributed by atoms with Crippen molar-refractivity contribution in [2.24, 2.45) is 0 Å². The maximum atomic E-state index is 12.8. The molecular weight excluding hydrogens is 453 g/mol. The van der Waals surface area contributed by atoms with Crippen molar-refractivity contribution in [1.82, 2.24) is 9.80 Å². The minimum atomic E-state index is -0.140. The molecule has 30 heavy (non-hydrogen) atoms. The third-order valence-electron chi connectivity index (χ3n) is 4.49. The fourth-order valence-electron chi connectivity index (χ4n) is 2.99. The van der Waals surface area contributed by atoms with Gasteiger partial charge < -0.3 is 0 Å². The van der Waals surface area contributed by atoms with E-state index in [9.17, 15) is 9.59 Å². The topological polar surface area (TPSA) is 40.6 Å². The molecule has 0 bridgehead atoms. The lowest BCUT2D eigenvalue weighted by Gasteiger charge is -2.19. The molecule has 150 valence electrons. The number of amides is 2. The van der Waals surface area contributed by atoms with Crippen LogP contribution in [0.1, 0.15) is 11.1 Å². The van der Waals surface area contributed by atoms with Crippen molar-refractivity contribution in [2.45, 2.75) is 0 Å². The highest BCUT2D eigenvalue weighted by Crippen LogP contribution is 2.34. The molecule has 0 atom stereocenters. The SMILES string of the molecule is O=C1C(=Cc2ccccc2)SC(=S)N1CCN1C(=O)C(=Cc2ccccc2)SC1=S. The van der Waals surface area contributed by atoms with Gasteiger partial charge in [-0.3, -0.25) is 19.4 Å². The van der Waals surface area contributed by atoms with Crippen molar-refractivity contribution in [3.8, 4) is 0 Å². The number of rotatable bonds is 5. The smallest absolute Gasteiger partial charge is 0.266 e. The molecule has 0 aromatic heterocycles. The van der Waals surface area contributed by atoms with Crippen LogP contribution in [0.4, 0.5) is 0 Å². The van der Waals surface area contributed by atoms with E-state index in [0.29, 0.717) is 31.5 Å². The van der Waals surface area contributed by atoms with E-state index in [0.717, 1.165) is 11.1 Å². The van der Waals surface area contributed by atoms with Crippen LogP contribution in [0.15, 0.2) is 70.5 Å². The lowest BCUT2D eigenvalue weighted by atomic mass is 10.2. The van der Waals surface area contributed by atoms with Crippen LogP contribution in [0.2, 0.25) is 0 Å². The summed E-state index contributed by atoms with van der Waals surface area (Å²) >= 11 is 13.3. The van der Waals surface area contributed by atoms with Crippen molar-refractivity contribution >= 4 is 80.6 Å². The second-order valence-electron chi connectivity index (χ2n) is 6.49. The second kappa shape index (κ2) is 9.26. The monoisotopic (exact) mass is 468 g/mol. The van der Waals surface area contributed by atoms with E-state index in [2.05, 4.69) is 0 Å². The van der Waals surface area contributed by atoms with Gasteiger partial charge in [-0.25, -0.2) is 0 Å². The minimum Gasteiger partial charge on any atom is -0.291 e. The van der Waals surface area contributed by atoms with Crippen molar-refractivity contribution in [2.75, 3.05) is 13.1 Å². The van der Waals surface area contributed by atoms with Crippen LogP contribution in [-0.4, -0.2) is 43.3 Å². The number of nitrogens with zero attached hydrogens (tertiary/aromatic N) is 2. The van der Waals surface area contributed by atoms with Crippen molar-refractivity contribution in [3.05, 3.63) is 81.6 Å². The molecule has 0 radical (unpaired) electrons. The molecule has 2 amide bonds. The summed E-state index contributed by atoms with van der Waals surface area (Å²) in [5.74, 6) is -0.279. The Kier molecular flexibility index (Phi) is 6.48. The van der Waals surface area contributed by atoms with Gasteiger partial charge in [-0.1, -0.05) is 109 Å². The quantitative estimate of drug-likeness (QED) is 0.464. The Balaban J connectivity index is 1.43. The van der Waals surface area contributed by atoms with Crippen LogP contribution in [0.25, 0.3) is 12.2 Å². The minimum absolute atomic E-state index is 0.140. The van der Waals surface area contributed by atoms with E-state index in [1.807, 2.05) is 72.8 Å². The van der Waals surface area contributed by atoms with Gasteiger partial charge in [0.2, 0.25) is 0 Å². The summed E-state index contributed by atoms with van der Waals surface area (Å²) in [6.45, 7) is 0.615. The molecule has 2 heterocycles. The number of benzene rings is 2. The fraction of sp³-hybridized carbons (Fsp3) is 0.0909. The Hall–Kier alpha value is -2.26. The van der Waals surface area contributed by atoms with Crippen LogP contribution in [0, 0.1) is 0 Å². The van der Waals surface area contributed by atoms with Crippen molar-refractivity contribution < 1.29 is 9.59 Å². The second-order valence-corrected chi connectivity index (χ2v) is 9.84. The number of thioether (sulfide) groups is 2. The summed E-state index contributed by atoms with van der Waals surface area (Å²) in [5.41, 5.74) is 1.89. The first-order valence-electron chi connectivity index (χ1n) is 9.14. The molecule has 2 aliphatic heterocycles. The number of hydrogen-bond acceptors (Lipinski definition) is 6. The molecular formula is C22H16N2O2S4. The van der Waals surface area contributed by atoms with E-state index in [1.54, 1.807) is 0 Å². The average molecular weight is 469 g/mol. The van der Waals surface area contributed by atoms with Gasteiger partial charge in [-0.05, 0) is 23.3 Å². The number of carbonyl (C=O) groups excluding carboxylic acids is 2. The summed E-state index contributed by atoms with van der Waals surface area (Å²) in [6.07, 6.45) is 3.67. The number of carbonyl (C=O) groups is 2. The maximum Gasteiger partial charge on any atom is 0.266 e. The van der Waals surface area contributed by atoms with Gasteiger partial charge in [-0.2, -0.15) is 0 Å². The molecule has 0 spiro atoms. The Morgan fingerprint density at radius 3 is 1.40 bits per heavy atom. The van der Waals surface area contributed by atoms with Gasteiger partial charge in [0.05, 0.1) is 9.81 Å². The Bertz CT molecular complexity index is 993. The average Bonchev–Trinajstić information content (AvgIpc) is 3.16. The first-order valence-corrected chi connectivity index (χ1v) is 11.6. The lowest BCUT2D eigenvalue weighted by molar-refractivity contribution is -0.125. The van der Waals surface area contributed by atoms with Gasteiger partial charge in [0.1, 0.15) is 8.64 Å². The summed E-state index contributed by atoms with van der Waals surface area (Å²) in [6, 6.07) is 19.3. The third kappa shape index (κ3) is 4.57. The molecule has 0 aliphatic carbocycles. The first-order chi connectivity index (χ1) is 14.5. The molecule has 0 unspecified atom stereocenters. The van der Waals surface area contributed by atoms with Crippen LogP contribution in [-0.2, 0) is 9.59 Å². The van der Waals surface area contributed by atoms with Gasteiger partial charge in [0.25, 0.3) is 11.8 Å². The zero-order chi connectivity index (χ0) is 21.1. The Labute approximate surface area is 194 Å². The van der Waals surface area contributed by atoms with Crippen molar-refractivity contribution in [3.63, 3.8) is 0 Å². The van der Waals surface area contributed by atoms with Gasteiger partial charge in [0.15, 0.2) is 0 Å². The fourth-order valence-corrected chi connectivity index (χ4v) is 5.60. The molecule has 0 saturated carbocycles. The summed E-state index contributed by atoms with van der Waals surface area (Å²) in [5, 5.41) is 0. The number of thiocarbonyl (C=S) groups is 2. The Morgan fingerprint density at radius 1 is 0.667 bits per heavy atom. The maximum absolute atomic E-state index is 12.8. The lowest BCUT2D eigenvalue weighted by Crippen LogP contribution is -2.39. The van der Waals surface area contributed by atoms with E-state index >= 15 is 0 Å². The predicted octanol–water partition coefficient (Wildman–Crippen LogP) is 4.79. The van der Waals surface area contributed by atoms with Crippen LogP contribution < -0.4 is 0 Å². The summed E-state index contributed by atoms with van der Waals surface area (Å²) in [7, 11) is 0. The molecule has 2 aromatic carbocycles. The zero-order valence-electron chi connectivity index (χ0n) is 15.7. The molecule has 2 saturated heterocycles. The van der Waals surface area contributed by atoms with Crippen LogP contribution in [0.3, 0.4) is 0 Å². The Morgan fingerprint density at radius 2 is 1.03 bits per heavy atom. The van der Waals surface area contributed by atoms with Crippen molar-refractivity contribution in [1.29, 1.82) is 0 Å². The molecule has 0 N–H and O–H groups in total. The summed E-state index contributed by atoms with van der Waals surface area (Å²) < 4.78 is 0.986. The molecule has 2 aromatic rings. The third-order valence-corrected chi connectivity index (χ3v) is 7.24. The highest BCUT2D eigenvalue weighted by Gasteiger charge is 2.36. The highest BCUT2D eigenvalue weighted by atomic mass is 32.2. The zero-order valence-corrected chi connectivity index (χ0v) is 19.0. The summed E-state index contributed by atoms with van der Waals surface area (Å²) in [4.78, 5) is 29.8. The van der Waals surface area contributed by atoms with E-state index in [4.69, 9.17) is 24.4 Å². The predicted molar refractivity (Wildman–Crippen MR) is 133 cm³/mol. The molecule has 2 fully saturated rings. The molecule has 2 aliphatic rings. The molecule has 4 nitrogen and oxygen atoms in total. The van der Waals surface area contributed by atoms with E-state index < -0.39 is 0 Å². The van der Waals surface area contributed by atoms with E-state index in [-0.39, 0.29) is 11.8 Å². The standard InChI is InChI=1S/C22H16N2O2S4/c25-19-17(13-15-7-3-1-4-8-15)29-21(27)23(19)11-12-24-20(26)18(30-22(24)28)14-16-9-5-2-6-10-16/h1-10,13-14H,11-12H2. The first kappa shape index (κ1) is 21.0. The van der Waals surface area contributed by atoms with Gasteiger partial charge in [0, 0.05) is 13.1 Å². The van der Waals surface area contributed by atoms with Crippen LogP contribution >= 0.6 is 48.0 Å². The number of hydrogen-bond donors (Lipinski definition) is 0. The van der Waals surface area contributed by atoms with E-state index in [1.165, 1.54) is 33.3 Å². The highest BCUT2D eigenvalue weighted by molar-refractivity contribution is 8.27. The van der Waals surface area contributed by atoms with Gasteiger partial charge in [-0.15, -0.1) is 0 Å². The van der Waals surface area contributed by atoms with Crippen LogP contribution in [0.5, 0.6) is 0 Å².